The van der Waals surface area contributed by atoms with Crippen LogP contribution in [0.25, 0.3) is 6.08 Å². The van der Waals surface area contributed by atoms with E-state index in [1.165, 1.54) is 11.1 Å². The van der Waals surface area contributed by atoms with Gasteiger partial charge in [-0.25, -0.2) is 0 Å². The van der Waals surface area contributed by atoms with Crippen molar-refractivity contribution in [2.24, 2.45) is 5.92 Å². The van der Waals surface area contributed by atoms with E-state index in [1.54, 1.807) is 38.7 Å². The number of ketones is 1. The topological polar surface area (TPSA) is 72.2 Å². The first kappa shape index (κ1) is 22.4. The number of furan rings is 1. The summed E-state index contributed by atoms with van der Waals surface area (Å²) in [6, 6.07) is 6.28. The van der Waals surface area contributed by atoms with Crippen molar-refractivity contribution in [1.82, 2.24) is 9.80 Å². The van der Waals surface area contributed by atoms with Crippen molar-refractivity contribution >= 4 is 17.8 Å². The summed E-state index contributed by atoms with van der Waals surface area (Å²) in [5, 5.41) is 0. The van der Waals surface area contributed by atoms with E-state index < -0.39 is 0 Å². The van der Waals surface area contributed by atoms with E-state index >= 15 is 0 Å². The van der Waals surface area contributed by atoms with Gasteiger partial charge in [0.25, 0.3) is 0 Å². The van der Waals surface area contributed by atoms with Crippen molar-refractivity contribution in [2.45, 2.75) is 56.2 Å². The van der Waals surface area contributed by atoms with Crippen LogP contribution in [0.1, 0.15) is 42.9 Å². The Morgan fingerprint density at radius 3 is 2.89 bits per heavy atom. The zero-order chi connectivity index (χ0) is 24.3. The second kappa shape index (κ2) is 8.26. The first-order valence-corrected chi connectivity index (χ1v) is 12.5. The third kappa shape index (κ3) is 3.28. The van der Waals surface area contributed by atoms with Crippen LogP contribution in [-0.2, 0) is 21.4 Å². The van der Waals surface area contributed by atoms with Crippen LogP contribution in [0.4, 0.5) is 0 Å². The minimum atomic E-state index is -0.166. The van der Waals surface area contributed by atoms with Crippen molar-refractivity contribution in [2.75, 3.05) is 27.2 Å². The predicted octanol–water partition coefficient (Wildman–Crippen LogP) is 3.46. The number of likely N-dealkylation sites (N-methyl/N-ethyl adjacent to an activating group) is 1. The van der Waals surface area contributed by atoms with Crippen molar-refractivity contribution in [3.8, 4) is 11.5 Å². The maximum atomic E-state index is 13.2. The summed E-state index contributed by atoms with van der Waals surface area (Å²) in [6.07, 6.45) is 10.2. The molecule has 7 nitrogen and oxygen atoms in total. The summed E-state index contributed by atoms with van der Waals surface area (Å²) in [6.45, 7) is 3.04. The molecular formula is C28H32N2O5. The van der Waals surface area contributed by atoms with Crippen LogP contribution >= 0.6 is 0 Å². The smallest absolute Gasteiger partial charge is 0.246 e. The number of methoxy groups -OCH3 is 1. The Labute approximate surface area is 205 Å². The van der Waals surface area contributed by atoms with Crippen molar-refractivity contribution < 1.29 is 23.5 Å². The van der Waals surface area contributed by atoms with Crippen LogP contribution in [0.15, 0.2) is 41.2 Å². The Balaban J connectivity index is 1.38. The van der Waals surface area contributed by atoms with E-state index in [9.17, 15) is 9.59 Å². The lowest BCUT2D eigenvalue weighted by atomic mass is 9.51. The van der Waals surface area contributed by atoms with Crippen LogP contribution in [0.2, 0.25) is 0 Å². The number of amides is 1. The van der Waals surface area contributed by atoms with Crippen LogP contribution < -0.4 is 9.47 Å². The fraction of sp³-hybridized carbons (Fsp3) is 0.500. The molecule has 7 heteroatoms. The fourth-order valence-corrected chi connectivity index (χ4v) is 7.45. The zero-order valence-electron chi connectivity index (χ0n) is 20.5. The molecule has 1 aromatic heterocycles. The van der Waals surface area contributed by atoms with E-state index in [4.69, 9.17) is 13.9 Å². The standard InChI is InChI=1S/C28H32N2O5/c1-17(31)15-30-12-11-28-20-6-7-21(29(2)24(32)9-4-18-10-13-34-16-18)27(28)35-26-23(33-3)8-5-19(25(26)28)14-22(20)30/h4-5,8-10,13,16,20-22,27H,6-7,11-12,14-15H2,1-3H3/t20-,21-,22+,27-,28-/m0/s1. The van der Waals surface area contributed by atoms with Gasteiger partial charge in [-0.2, -0.15) is 0 Å². The molecule has 2 aliphatic carbocycles. The van der Waals surface area contributed by atoms with E-state index in [1.807, 2.05) is 24.1 Å². The van der Waals surface area contributed by atoms with Crippen molar-refractivity contribution in [3.63, 3.8) is 0 Å². The largest absolute Gasteiger partial charge is 0.493 e. The van der Waals surface area contributed by atoms with E-state index in [0.717, 1.165) is 49.3 Å². The number of ether oxygens (including phenoxy) is 2. The van der Waals surface area contributed by atoms with E-state index in [2.05, 4.69) is 11.0 Å². The summed E-state index contributed by atoms with van der Waals surface area (Å²) in [5.41, 5.74) is 3.29. The minimum absolute atomic E-state index is 0.0424. The lowest BCUT2D eigenvalue weighted by Crippen LogP contribution is -2.69. The second-order valence-corrected chi connectivity index (χ2v) is 10.5. The highest BCUT2D eigenvalue weighted by Gasteiger charge is 2.66. The third-order valence-electron chi connectivity index (χ3n) is 8.84. The highest BCUT2D eigenvalue weighted by Crippen LogP contribution is 2.64. The van der Waals surface area contributed by atoms with Gasteiger partial charge in [-0.15, -0.1) is 0 Å². The summed E-state index contributed by atoms with van der Waals surface area (Å²) in [4.78, 5) is 29.5. The number of likely N-dealkylation sites (tertiary alicyclic amines) is 1. The highest BCUT2D eigenvalue weighted by atomic mass is 16.5. The first-order chi connectivity index (χ1) is 16.9. The number of benzene rings is 1. The molecule has 4 aliphatic rings. The van der Waals surface area contributed by atoms with Gasteiger partial charge < -0.3 is 18.8 Å². The lowest BCUT2D eigenvalue weighted by molar-refractivity contribution is -0.136. The highest BCUT2D eigenvalue weighted by molar-refractivity contribution is 5.91. The fourth-order valence-electron chi connectivity index (χ4n) is 7.45. The lowest BCUT2D eigenvalue weighted by Gasteiger charge is -2.60. The maximum Gasteiger partial charge on any atom is 0.246 e. The Bertz CT molecular complexity index is 1190. The van der Waals surface area contributed by atoms with Crippen molar-refractivity contribution in [1.29, 1.82) is 0 Å². The molecular weight excluding hydrogens is 444 g/mol. The molecule has 1 saturated carbocycles. The monoisotopic (exact) mass is 476 g/mol. The Hall–Kier alpha value is -3.06. The Morgan fingerprint density at radius 2 is 2.14 bits per heavy atom. The van der Waals surface area contributed by atoms with E-state index in [0.29, 0.717) is 18.5 Å². The molecule has 2 fully saturated rings. The molecule has 0 N–H and O–H groups in total. The van der Waals surface area contributed by atoms with Gasteiger partial charge in [-0.1, -0.05) is 6.07 Å². The molecule has 2 aliphatic heterocycles. The Kier molecular flexibility index (Phi) is 5.29. The van der Waals surface area contributed by atoms with Gasteiger partial charge in [0.15, 0.2) is 11.5 Å². The number of piperidine rings is 1. The number of hydrogen-bond donors (Lipinski definition) is 0. The number of nitrogens with zero attached hydrogens (tertiary/aromatic N) is 2. The molecule has 2 bridgehead atoms. The molecule has 1 saturated heterocycles. The van der Waals surface area contributed by atoms with Gasteiger partial charge in [0, 0.05) is 35.7 Å². The van der Waals surface area contributed by atoms with Gasteiger partial charge in [0.2, 0.25) is 5.91 Å². The van der Waals surface area contributed by atoms with Gasteiger partial charge in [-0.05, 0) is 68.8 Å². The normalized spacial score (nSPS) is 30.6. The van der Waals surface area contributed by atoms with Crippen LogP contribution in [0.5, 0.6) is 11.5 Å². The number of carbonyl (C=O) groups is 2. The molecule has 1 aromatic carbocycles. The predicted molar refractivity (Wildman–Crippen MR) is 130 cm³/mol. The first-order valence-electron chi connectivity index (χ1n) is 12.5. The van der Waals surface area contributed by atoms with E-state index in [-0.39, 0.29) is 29.3 Å². The molecule has 0 radical (unpaired) electrons. The third-order valence-corrected chi connectivity index (χ3v) is 8.84. The molecule has 0 unspecified atom stereocenters. The molecule has 3 heterocycles. The molecule has 1 spiro atoms. The molecule has 1 amide bonds. The number of Topliss-reactive ketones (excluding diaryl/α,β-unsaturated/α-hetero) is 1. The molecule has 35 heavy (non-hydrogen) atoms. The minimum Gasteiger partial charge on any atom is -0.493 e. The summed E-state index contributed by atoms with van der Waals surface area (Å²) in [5.74, 6) is 2.19. The summed E-state index contributed by atoms with van der Waals surface area (Å²) >= 11 is 0. The van der Waals surface area contributed by atoms with Crippen LogP contribution in [0.3, 0.4) is 0 Å². The average Bonchev–Trinajstić information content (AvgIpc) is 3.49. The Morgan fingerprint density at radius 1 is 1.29 bits per heavy atom. The molecule has 2 aromatic rings. The van der Waals surface area contributed by atoms with Crippen LogP contribution in [0, 0.1) is 5.92 Å². The molecule has 184 valence electrons. The summed E-state index contributed by atoms with van der Waals surface area (Å²) < 4.78 is 17.6. The van der Waals surface area contributed by atoms with Gasteiger partial charge in [-0.3, -0.25) is 14.5 Å². The van der Waals surface area contributed by atoms with Gasteiger partial charge in [0.1, 0.15) is 11.9 Å². The second-order valence-electron chi connectivity index (χ2n) is 10.5. The van der Waals surface area contributed by atoms with Crippen LogP contribution in [-0.4, -0.2) is 66.9 Å². The van der Waals surface area contributed by atoms with Crippen molar-refractivity contribution in [3.05, 3.63) is 53.5 Å². The number of rotatable bonds is 6. The number of hydrogen-bond acceptors (Lipinski definition) is 6. The number of carbonyl (C=O) groups excluding carboxylic acids is 2. The maximum absolute atomic E-state index is 13.2. The molecule has 6 rings (SSSR count). The zero-order valence-corrected chi connectivity index (χ0v) is 20.5. The molecule has 5 atom stereocenters. The van der Waals surface area contributed by atoms with Gasteiger partial charge in [0.05, 0.1) is 32.2 Å². The SMILES string of the molecule is COc1ccc2c3c1O[C@H]1[C@@H](N(C)C(=O)C=Cc4ccoc4)CC[C@H]4[C@@H](C2)N(CC(C)=O)CC[C@@]341. The quantitative estimate of drug-likeness (QED) is 0.595. The van der Waals surface area contributed by atoms with Gasteiger partial charge >= 0.3 is 0 Å². The average molecular weight is 477 g/mol. The summed E-state index contributed by atoms with van der Waals surface area (Å²) in [7, 11) is 3.58.